The van der Waals surface area contributed by atoms with E-state index in [1.165, 1.54) is 5.39 Å². The van der Waals surface area contributed by atoms with Gasteiger partial charge in [-0.1, -0.05) is 64.5 Å². The van der Waals surface area contributed by atoms with E-state index >= 15 is 0 Å². The van der Waals surface area contributed by atoms with Crippen LogP contribution in [0.25, 0.3) is 10.8 Å². The molecule has 158 valence electrons. The maximum atomic E-state index is 11.1. The standard InChI is InChI=1S/C27H26BrNO2/c1-2-31-25-15-9-20(10-16-25)26(29-24-13-11-23(28)12-14-24)18-27(30)22-8-7-19-5-3-4-6-21(19)17-22/h3-17,26-27,29-30H,2,18H2,1H3. The predicted octanol–water partition coefficient (Wildman–Crippen LogP) is 7.28. The Morgan fingerprint density at radius 3 is 2.23 bits per heavy atom. The number of ether oxygens (including phenoxy) is 1. The molecule has 4 aromatic rings. The first-order chi connectivity index (χ1) is 15.1. The largest absolute Gasteiger partial charge is 0.494 e. The van der Waals surface area contributed by atoms with Crippen LogP contribution in [0.2, 0.25) is 0 Å². The topological polar surface area (TPSA) is 41.5 Å². The molecule has 2 unspecified atom stereocenters. The molecular weight excluding hydrogens is 450 g/mol. The van der Waals surface area contributed by atoms with Crippen LogP contribution in [0.5, 0.6) is 5.75 Å². The number of aliphatic hydroxyl groups excluding tert-OH is 1. The number of aliphatic hydroxyl groups is 1. The molecule has 0 saturated carbocycles. The van der Waals surface area contributed by atoms with Gasteiger partial charge in [0.25, 0.3) is 0 Å². The van der Waals surface area contributed by atoms with Crippen LogP contribution in [0.1, 0.15) is 36.6 Å². The highest BCUT2D eigenvalue weighted by molar-refractivity contribution is 9.10. The molecule has 0 heterocycles. The van der Waals surface area contributed by atoms with Crippen molar-refractivity contribution < 1.29 is 9.84 Å². The third-order valence-electron chi connectivity index (χ3n) is 5.40. The van der Waals surface area contributed by atoms with Gasteiger partial charge in [0.05, 0.1) is 18.8 Å². The van der Waals surface area contributed by atoms with Crippen molar-refractivity contribution in [2.75, 3.05) is 11.9 Å². The van der Waals surface area contributed by atoms with Crippen molar-refractivity contribution in [3.05, 3.63) is 107 Å². The van der Waals surface area contributed by atoms with Gasteiger partial charge in [-0.2, -0.15) is 0 Å². The molecule has 0 aliphatic rings. The Labute approximate surface area is 191 Å². The fraction of sp³-hybridized carbons (Fsp3) is 0.185. The number of benzene rings is 4. The van der Waals surface area contributed by atoms with Crippen molar-refractivity contribution in [3.8, 4) is 5.75 Å². The highest BCUT2D eigenvalue weighted by Gasteiger charge is 2.19. The van der Waals surface area contributed by atoms with E-state index < -0.39 is 6.10 Å². The van der Waals surface area contributed by atoms with E-state index in [4.69, 9.17) is 4.74 Å². The van der Waals surface area contributed by atoms with Crippen LogP contribution in [-0.4, -0.2) is 11.7 Å². The summed E-state index contributed by atoms with van der Waals surface area (Å²) in [7, 11) is 0. The van der Waals surface area contributed by atoms with Gasteiger partial charge < -0.3 is 15.2 Å². The van der Waals surface area contributed by atoms with Gasteiger partial charge in [-0.15, -0.1) is 0 Å². The fourth-order valence-electron chi connectivity index (χ4n) is 3.76. The quantitative estimate of drug-likeness (QED) is 0.281. The first kappa shape index (κ1) is 21.4. The van der Waals surface area contributed by atoms with Gasteiger partial charge in [-0.05, 0) is 71.3 Å². The van der Waals surface area contributed by atoms with Gasteiger partial charge in [0.15, 0.2) is 0 Å². The smallest absolute Gasteiger partial charge is 0.119 e. The minimum absolute atomic E-state index is 0.0571. The molecule has 0 bridgehead atoms. The minimum atomic E-state index is -0.593. The van der Waals surface area contributed by atoms with Crippen LogP contribution < -0.4 is 10.1 Å². The maximum Gasteiger partial charge on any atom is 0.119 e. The minimum Gasteiger partial charge on any atom is -0.494 e. The Kier molecular flexibility index (Phi) is 6.90. The Balaban J connectivity index is 1.59. The lowest BCUT2D eigenvalue weighted by atomic mass is 9.95. The zero-order valence-corrected chi connectivity index (χ0v) is 19.0. The van der Waals surface area contributed by atoms with Gasteiger partial charge in [-0.25, -0.2) is 0 Å². The molecule has 2 N–H and O–H groups in total. The molecule has 0 aliphatic heterocycles. The summed E-state index contributed by atoms with van der Waals surface area (Å²) in [6, 6.07) is 30.5. The number of halogens is 1. The lowest BCUT2D eigenvalue weighted by Gasteiger charge is -2.24. The van der Waals surface area contributed by atoms with Crippen molar-refractivity contribution >= 4 is 32.4 Å². The molecule has 4 heteroatoms. The van der Waals surface area contributed by atoms with Crippen LogP contribution in [0, 0.1) is 0 Å². The van der Waals surface area contributed by atoms with Gasteiger partial charge in [0.2, 0.25) is 0 Å². The van der Waals surface area contributed by atoms with Crippen LogP contribution in [0.4, 0.5) is 5.69 Å². The second-order valence-electron chi connectivity index (χ2n) is 7.56. The van der Waals surface area contributed by atoms with Crippen LogP contribution in [0.15, 0.2) is 95.5 Å². The number of hydrogen-bond donors (Lipinski definition) is 2. The Bertz CT molecular complexity index is 1130. The lowest BCUT2D eigenvalue weighted by Crippen LogP contribution is -2.15. The summed E-state index contributed by atoms with van der Waals surface area (Å²) in [6.45, 7) is 2.62. The van der Waals surface area contributed by atoms with E-state index in [0.717, 1.165) is 32.4 Å². The summed E-state index contributed by atoms with van der Waals surface area (Å²) in [5, 5.41) is 17.0. The summed E-state index contributed by atoms with van der Waals surface area (Å²) in [5.41, 5.74) is 3.03. The summed E-state index contributed by atoms with van der Waals surface area (Å²) >= 11 is 3.49. The van der Waals surface area contributed by atoms with Gasteiger partial charge >= 0.3 is 0 Å². The van der Waals surface area contributed by atoms with Crippen molar-refractivity contribution in [3.63, 3.8) is 0 Å². The third-order valence-corrected chi connectivity index (χ3v) is 5.92. The Morgan fingerprint density at radius 1 is 0.839 bits per heavy atom. The van der Waals surface area contributed by atoms with Crippen LogP contribution >= 0.6 is 15.9 Å². The number of hydrogen-bond acceptors (Lipinski definition) is 3. The first-order valence-corrected chi connectivity index (χ1v) is 11.3. The molecule has 0 spiro atoms. The van der Waals surface area contributed by atoms with E-state index in [1.54, 1.807) is 0 Å². The highest BCUT2D eigenvalue weighted by atomic mass is 79.9. The molecule has 0 fully saturated rings. The molecule has 3 nitrogen and oxygen atoms in total. The monoisotopic (exact) mass is 475 g/mol. The Morgan fingerprint density at radius 2 is 1.52 bits per heavy atom. The first-order valence-electron chi connectivity index (χ1n) is 10.5. The number of rotatable bonds is 8. The molecule has 0 saturated heterocycles. The number of anilines is 1. The van der Waals surface area contributed by atoms with Crippen molar-refractivity contribution in [2.24, 2.45) is 0 Å². The molecule has 2 atom stereocenters. The van der Waals surface area contributed by atoms with Gasteiger partial charge in [-0.3, -0.25) is 0 Å². The van der Waals surface area contributed by atoms with E-state index in [0.29, 0.717) is 13.0 Å². The molecule has 0 aromatic heterocycles. The summed E-state index contributed by atoms with van der Waals surface area (Å²) in [6.07, 6.45) is -0.0494. The molecular formula is C27H26BrNO2. The Hall–Kier alpha value is -2.82. The average Bonchev–Trinajstić information content (AvgIpc) is 2.80. The fourth-order valence-corrected chi connectivity index (χ4v) is 4.03. The number of nitrogens with one attached hydrogen (secondary N) is 1. The van der Waals surface area contributed by atoms with E-state index in [2.05, 4.69) is 57.6 Å². The maximum absolute atomic E-state index is 11.1. The zero-order valence-electron chi connectivity index (χ0n) is 17.5. The van der Waals surface area contributed by atoms with Crippen molar-refractivity contribution in [1.82, 2.24) is 0 Å². The molecule has 31 heavy (non-hydrogen) atoms. The molecule has 0 radical (unpaired) electrons. The summed E-state index contributed by atoms with van der Waals surface area (Å²) in [4.78, 5) is 0. The molecule has 4 rings (SSSR count). The van der Waals surface area contributed by atoms with Crippen LogP contribution in [0.3, 0.4) is 0 Å². The van der Waals surface area contributed by atoms with E-state index in [9.17, 15) is 5.11 Å². The predicted molar refractivity (Wildman–Crippen MR) is 132 cm³/mol. The van der Waals surface area contributed by atoms with Gasteiger partial charge in [0, 0.05) is 16.6 Å². The highest BCUT2D eigenvalue weighted by Crippen LogP contribution is 2.32. The molecule has 0 aliphatic carbocycles. The second kappa shape index (κ2) is 9.99. The molecule has 4 aromatic carbocycles. The normalized spacial score (nSPS) is 13.0. The van der Waals surface area contributed by atoms with Gasteiger partial charge in [0.1, 0.15) is 5.75 Å². The lowest BCUT2D eigenvalue weighted by molar-refractivity contribution is 0.161. The second-order valence-corrected chi connectivity index (χ2v) is 8.48. The molecule has 0 amide bonds. The summed E-state index contributed by atoms with van der Waals surface area (Å²) in [5.74, 6) is 0.851. The third kappa shape index (κ3) is 5.46. The van der Waals surface area contributed by atoms with E-state index in [-0.39, 0.29) is 6.04 Å². The van der Waals surface area contributed by atoms with E-state index in [1.807, 2.05) is 61.5 Å². The van der Waals surface area contributed by atoms with Crippen molar-refractivity contribution in [2.45, 2.75) is 25.5 Å². The summed E-state index contributed by atoms with van der Waals surface area (Å²) < 4.78 is 6.62. The zero-order chi connectivity index (χ0) is 21.6. The average molecular weight is 476 g/mol. The number of fused-ring (bicyclic) bond motifs is 1. The van der Waals surface area contributed by atoms with Crippen molar-refractivity contribution in [1.29, 1.82) is 0 Å². The SMILES string of the molecule is CCOc1ccc(C(CC(O)c2ccc3ccccc3c2)Nc2ccc(Br)cc2)cc1. The van der Waals surface area contributed by atoms with Crippen LogP contribution in [-0.2, 0) is 0 Å².